The summed E-state index contributed by atoms with van der Waals surface area (Å²) in [5.74, 6) is 2.03. The Kier molecular flexibility index (Phi) is 6.80. The van der Waals surface area contributed by atoms with E-state index in [1.54, 1.807) is 24.5 Å². The van der Waals surface area contributed by atoms with Crippen molar-refractivity contribution in [1.82, 2.24) is 19.9 Å². The summed E-state index contributed by atoms with van der Waals surface area (Å²) in [7, 11) is 0. The summed E-state index contributed by atoms with van der Waals surface area (Å²) in [6.45, 7) is 6.05. The molecule has 0 unspecified atom stereocenters. The van der Waals surface area contributed by atoms with E-state index in [1.807, 2.05) is 36.4 Å². The number of nitrogens with one attached hydrogen (secondary N) is 1. The van der Waals surface area contributed by atoms with E-state index in [9.17, 15) is 4.79 Å². The van der Waals surface area contributed by atoms with Crippen LogP contribution in [0.5, 0.6) is 5.75 Å². The van der Waals surface area contributed by atoms with Gasteiger partial charge in [-0.2, -0.15) is 0 Å². The van der Waals surface area contributed by atoms with Gasteiger partial charge in [0.25, 0.3) is 5.91 Å². The molecule has 0 bridgehead atoms. The van der Waals surface area contributed by atoms with Crippen molar-refractivity contribution < 1.29 is 9.53 Å². The van der Waals surface area contributed by atoms with Crippen LogP contribution in [0, 0.1) is 0 Å². The minimum atomic E-state index is -0.162. The molecule has 4 aromatic rings. The molecule has 6 heteroatoms. The Bertz CT molecular complexity index is 1180. The van der Waals surface area contributed by atoms with Crippen LogP contribution >= 0.6 is 0 Å². The van der Waals surface area contributed by atoms with E-state index < -0.39 is 0 Å². The van der Waals surface area contributed by atoms with Gasteiger partial charge in [0.15, 0.2) is 0 Å². The number of pyridine rings is 1. The average molecular weight is 429 g/mol. The van der Waals surface area contributed by atoms with Crippen molar-refractivity contribution in [1.29, 1.82) is 0 Å². The van der Waals surface area contributed by atoms with Gasteiger partial charge in [0.2, 0.25) is 0 Å². The summed E-state index contributed by atoms with van der Waals surface area (Å²) < 4.78 is 8.26. The number of nitrogens with zero attached hydrogens (tertiary/aromatic N) is 3. The molecule has 0 fully saturated rings. The van der Waals surface area contributed by atoms with E-state index in [4.69, 9.17) is 9.72 Å². The van der Waals surface area contributed by atoms with Crippen LogP contribution < -0.4 is 10.1 Å². The van der Waals surface area contributed by atoms with Crippen LogP contribution in [-0.4, -0.2) is 27.0 Å². The number of aromatic nitrogens is 3. The van der Waals surface area contributed by atoms with Crippen molar-refractivity contribution in [3.63, 3.8) is 0 Å². The topological polar surface area (TPSA) is 69.0 Å². The van der Waals surface area contributed by atoms with E-state index >= 15 is 0 Å². The molecule has 4 rings (SSSR count). The number of fused-ring (bicyclic) bond motifs is 1. The van der Waals surface area contributed by atoms with Gasteiger partial charge in [-0.15, -0.1) is 0 Å². The predicted octanol–water partition coefficient (Wildman–Crippen LogP) is 4.95. The van der Waals surface area contributed by atoms with Crippen LogP contribution in [-0.2, 0) is 13.1 Å². The monoisotopic (exact) mass is 428 g/mol. The second-order valence-electron chi connectivity index (χ2n) is 7.99. The number of carbonyl (C=O) groups excluding carboxylic acids is 1. The number of imidazole rings is 1. The molecule has 2 aromatic carbocycles. The zero-order valence-electron chi connectivity index (χ0n) is 18.5. The second-order valence-corrected chi connectivity index (χ2v) is 7.99. The number of amides is 1. The normalized spacial score (nSPS) is 11.1. The quantitative estimate of drug-likeness (QED) is 0.383. The highest BCUT2D eigenvalue weighted by molar-refractivity contribution is 5.93. The Labute approximate surface area is 188 Å². The maximum Gasteiger partial charge on any atom is 0.253 e. The minimum absolute atomic E-state index is 0.162. The molecule has 164 valence electrons. The highest BCUT2D eigenvalue weighted by atomic mass is 16.5. The fourth-order valence-corrected chi connectivity index (χ4v) is 3.76. The van der Waals surface area contributed by atoms with Crippen LogP contribution in [0.15, 0.2) is 73.1 Å². The number of para-hydroxylation sites is 3. The van der Waals surface area contributed by atoms with Crippen molar-refractivity contribution in [3.8, 4) is 5.75 Å². The SMILES string of the molecule is CC(C)c1ccccc1OCCCn1c(CNC(=O)c2cccnc2)nc2ccccc21. The first-order chi connectivity index (χ1) is 15.6. The maximum absolute atomic E-state index is 12.4. The second kappa shape index (κ2) is 10.1. The van der Waals surface area contributed by atoms with E-state index in [2.05, 4.69) is 40.8 Å². The molecule has 0 spiro atoms. The lowest BCUT2D eigenvalue weighted by Gasteiger charge is -2.15. The Hall–Kier alpha value is -3.67. The van der Waals surface area contributed by atoms with Gasteiger partial charge in [0, 0.05) is 18.9 Å². The van der Waals surface area contributed by atoms with Gasteiger partial charge in [-0.25, -0.2) is 4.98 Å². The van der Waals surface area contributed by atoms with Gasteiger partial charge in [0.05, 0.1) is 29.7 Å². The fraction of sp³-hybridized carbons (Fsp3) is 0.269. The lowest BCUT2D eigenvalue weighted by Crippen LogP contribution is -2.25. The lowest BCUT2D eigenvalue weighted by atomic mass is 10.0. The number of rotatable bonds is 9. The van der Waals surface area contributed by atoms with E-state index in [1.165, 1.54) is 5.56 Å². The third-order valence-corrected chi connectivity index (χ3v) is 5.39. The van der Waals surface area contributed by atoms with Gasteiger partial charge in [-0.1, -0.05) is 44.2 Å². The number of benzene rings is 2. The molecule has 32 heavy (non-hydrogen) atoms. The summed E-state index contributed by atoms with van der Waals surface area (Å²) in [6, 6.07) is 19.7. The first-order valence-corrected chi connectivity index (χ1v) is 11.0. The Balaban J connectivity index is 1.43. The van der Waals surface area contributed by atoms with Crippen molar-refractivity contribution in [2.45, 2.75) is 39.3 Å². The minimum Gasteiger partial charge on any atom is -0.493 e. The summed E-state index contributed by atoms with van der Waals surface area (Å²) in [4.78, 5) is 21.2. The first-order valence-electron chi connectivity index (χ1n) is 11.0. The zero-order chi connectivity index (χ0) is 22.3. The first kappa shape index (κ1) is 21.6. The van der Waals surface area contributed by atoms with Gasteiger partial charge >= 0.3 is 0 Å². The molecule has 6 nitrogen and oxygen atoms in total. The molecule has 0 atom stereocenters. The molecule has 0 saturated heterocycles. The van der Waals surface area contributed by atoms with Crippen LogP contribution in [0.1, 0.15) is 47.9 Å². The molecule has 1 N–H and O–H groups in total. The number of carbonyl (C=O) groups is 1. The van der Waals surface area contributed by atoms with Crippen LogP contribution in [0.4, 0.5) is 0 Å². The zero-order valence-corrected chi connectivity index (χ0v) is 18.5. The number of aryl methyl sites for hydroxylation is 1. The smallest absolute Gasteiger partial charge is 0.253 e. The standard InChI is InChI=1S/C26H28N4O2/c1-19(2)21-10-3-6-13-24(21)32-16-8-15-30-23-12-5-4-11-22(23)29-25(30)18-28-26(31)20-9-7-14-27-17-20/h3-7,9-14,17,19H,8,15-16,18H2,1-2H3,(H,28,31). The van der Waals surface area contributed by atoms with Crippen molar-refractivity contribution in [3.05, 3.63) is 90.0 Å². The molecule has 2 heterocycles. The lowest BCUT2D eigenvalue weighted by molar-refractivity contribution is 0.0949. The summed E-state index contributed by atoms with van der Waals surface area (Å²) >= 11 is 0. The summed E-state index contributed by atoms with van der Waals surface area (Å²) in [5.41, 5.74) is 3.73. The highest BCUT2D eigenvalue weighted by Crippen LogP contribution is 2.26. The Morgan fingerprint density at radius 3 is 2.69 bits per heavy atom. The van der Waals surface area contributed by atoms with Gasteiger partial charge in [-0.3, -0.25) is 9.78 Å². The molecule has 0 saturated carbocycles. The largest absolute Gasteiger partial charge is 0.493 e. The predicted molar refractivity (Wildman–Crippen MR) is 126 cm³/mol. The van der Waals surface area contributed by atoms with Crippen molar-refractivity contribution in [2.24, 2.45) is 0 Å². The third-order valence-electron chi connectivity index (χ3n) is 5.39. The molecule has 0 aliphatic rings. The molecule has 2 aromatic heterocycles. The molecule has 0 aliphatic carbocycles. The van der Waals surface area contributed by atoms with Crippen LogP contribution in [0.2, 0.25) is 0 Å². The van der Waals surface area contributed by atoms with Crippen molar-refractivity contribution in [2.75, 3.05) is 6.61 Å². The number of hydrogen-bond donors (Lipinski definition) is 1. The van der Waals surface area contributed by atoms with Crippen molar-refractivity contribution >= 4 is 16.9 Å². The maximum atomic E-state index is 12.4. The summed E-state index contributed by atoms with van der Waals surface area (Å²) in [6.07, 6.45) is 4.04. The molecular formula is C26H28N4O2. The number of hydrogen-bond acceptors (Lipinski definition) is 4. The molecule has 1 amide bonds. The van der Waals surface area contributed by atoms with Crippen LogP contribution in [0.25, 0.3) is 11.0 Å². The Morgan fingerprint density at radius 1 is 1.06 bits per heavy atom. The van der Waals surface area contributed by atoms with Gasteiger partial charge in [-0.05, 0) is 48.2 Å². The van der Waals surface area contributed by atoms with E-state index in [-0.39, 0.29) is 5.91 Å². The summed E-state index contributed by atoms with van der Waals surface area (Å²) in [5, 5.41) is 2.96. The third kappa shape index (κ3) is 4.97. The van der Waals surface area contributed by atoms with E-state index in [0.717, 1.165) is 35.6 Å². The fourth-order valence-electron chi connectivity index (χ4n) is 3.76. The Morgan fingerprint density at radius 2 is 1.88 bits per heavy atom. The van der Waals surface area contributed by atoms with E-state index in [0.29, 0.717) is 24.6 Å². The molecular weight excluding hydrogens is 400 g/mol. The average Bonchev–Trinajstić information content (AvgIpc) is 3.18. The number of ether oxygens (including phenoxy) is 1. The molecule has 0 aliphatic heterocycles. The molecule has 0 radical (unpaired) electrons. The van der Waals surface area contributed by atoms with Crippen LogP contribution in [0.3, 0.4) is 0 Å². The van der Waals surface area contributed by atoms with Gasteiger partial charge < -0.3 is 14.6 Å². The van der Waals surface area contributed by atoms with Gasteiger partial charge in [0.1, 0.15) is 11.6 Å². The highest BCUT2D eigenvalue weighted by Gasteiger charge is 2.13.